The van der Waals surface area contributed by atoms with Gasteiger partial charge in [-0.05, 0) is 12.1 Å². The van der Waals surface area contributed by atoms with Crippen molar-refractivity contribution in [2.24, 2.45) is 0 Å². The van der Waals surface area contributed by atoms with Gasteiger partial charge in [0.05, 0.1) is 6.54 Å². The highest BCUT2D eigenvalue weighted by molar-refractivity contribution is 7.10. The van der Waals surface area contributed by atoms with Crippen LogP contribution in [0, 0.1) is 11.8 Å². The van der Waals surface area contributed by atoms with Gasteiger partial charge >= 0.3 is 0 Å². The number of nitrogens with zero attached hydrogens (tertiary/aromatic N) is 2. The second-order valence-corrected chi connectivity index (χ2v) is 4.28. The number of aliphatic hydroxyl groups excluding tert-OH is 1. The Labute approximate surface area is 102 Å². The quantitative estimate of drug-likeness (QED) is 0.793. The fourth-order valence-electron chi connectivity index (χ4n) is 1.32. The first-order valence-corrected chi connectivity index (χ1v) is 5.87. The van der Waals surface area contributed by atoms with Crippen molar-refractivity contribution in [1.29, 1.82) is 0 Å². The van der Waals surface area contributed by atoms with Crippen LogP contribution in [-0.4, -0.2) is 21.5 Å². The summed E-state index contributed by atoms with van der Waals surface area (Å²) in [7, 11) is 0. The van der Waals surface area contributed by atoms with E-state index in [4.69, 9.17) is 5.11 Å². The van der Waals surface area contributed by atoms with E-state index in [2.05, 4.69) is 16.9 Å². The summed E-state index contributed by atoms with van der Waals surface area (Å²) in [6.45, 7) is 0.302. The molecule has 0 saturated heterocycles. The molecule has 0 fully saturated rings. The first-order chi connectivity index (χ1) is 8.29. The standard InChI is InChI=1S/C12H10N2O2S/c15-6-2-3-10-7-11(17-9-10)8-14-12(16)4-1-5-13-14/h1,4-5,7,9,15H,6,8H2. The largest absolute Gasteiger partial charge is 0.384 e. The maximum atomic E-state index is 11.4. The minimum absolute atomic E-state index is 0.121. The number of thiophene rings is 1. The Balaban J connectivity index is 2.17. The summed E-state index contributed by atoms with van der Waals surface area (Å²) < 4.78 is 1.40. The highest BCUT2D eigenvalue weighted by Crippen LogP contribution is 2.14. The van der Waals surface area contributed by atoms with E-state index in [9.17, 15) is 4.79 Å². The Kier molecular flexibility index (Phi) is 3.70. The number of hydrogen-bond acceptors (Lipinski definition) is 4. The van der Waals surface area contributed by atoms with E-state index in [1.807, 2.05) is 11.4 Å². The summed E-state index contributed by atoms with van der Waals surface area (Å²) in [5, 5.41) is 14.5. The van der Waals surface area contributed by atoms with Crippen LogP contribution >= 0.6 is 11.3 Å². The Morgan fingerprint density at radius 1 is 1.53 bits per heavy atom. The van der Waals surface area contributed by atoms with E-state index in [0.717, 1.165) is 10.4 Å². The number of aliphatic hydroxyl groups is 1. The fraction of sp³-hybridized carbons (Fsp3) is 0.167. The van der Waals surface area contributed by atoms with Gasteiger partial charge in [-0.25, -0.2) is 4.68 Å². The van der Waals surface area contributed by atoms with Gasteiger partial charge < -0.3 is 5.11 Å². The van der Waals surface area contributed by atoms with Gasteiger partial charge in [-0.2, -0.15) is 5.10 Å². The third-order valence-electron chi connectivity index (χ3n) is 2.06. The van der Waals surface area contributed by atoms with Crippen LogP contribution in [0.1, 0.15) is 10.4 Å². The van der Waals surface area contributed by atoms with Gasteiger partial charge in [0.1, 0.15) is 6.61 Å². The van der Waals surface area contributed by atoms with E-state index in [0.29, 0.717) is 6.54 Å². The van der Waals surface area contributed by atoms with Gasteiger partial charge in [0.2, 0.25) is 0 Å². The Hall–Kier alpha value is -1.90. The van der Waals surface area contributed by atoms with Gasteiger partial charge in [-0.15, -0.1) is 11.3 Å². The predicted molar refractivity (Wildman–Crippen MR) is 65.9 cm³/mol. The van der Waals surface area contributed by atoms with Crippen molar-refractivity contribution in [2.45, 2.75) is 6.54 Å². The second kappa shape index (κ2) is 5.43. The van der Waals surface area contributed by atoms with Crippen molar-refractivity contribution >= 4 is 11.3 Å². The van der Waals surface area contributed by atoms with Crippen LogP contribution in [0.5, 0.6) is 0 Å². The SMILES string of the molecule is O=c1cccnn1Cc1cc(C#CCO)cs1. The molecule has 17 heavy (non-hydrogen) atoms. The molecule has 0 amide bonds. The van der Waals surface area contributed by atoms with Crippen molar-refractivity contribution in [3.05, 3.63) is 50.6 Å². The molecule has 86 valence electrons. The van der Waals surface area contributed by atoms with Crippen molar-refractivity contribution < 1.29 is 5.11 Å². The molecule has 2 heterocycles. The Bertz CT molecular complexity index is 619. The molecule has 0 unspecified atom stereocenters. The van der Waals surface area contributed by atoms with Crippen LogP contribution in [0.4, 0.5) is 0 Å². The molecule has 0 bridgehead atoms. The topological polar surface area (TPSA) is 55.1 Å². The molecule has 1 N–H and O–H groups in total. The van der Waals surface area contributed by atoms with Crippen LogP contribution in [0.3, 0.4) is 0 Å². The average molecular weight is 246 g/mol. The van der Waals surface area contributed by atoms with E-state index in [-0.39, 0.29) is 12.2 Å². The highest BCUT2D eigenvalue weighted by Gasteiger charge is 2.01. The summed E-state index contributed by atoms with van der Waals surface area (Å²) in [4.78, 5) is 12.5. The zero-order valence-corrected chi connectivity index (χ0v) is 9.78. The molecule has 2 aromatic rings. The third kappa shape index (κ3) is 3.03. The van der Waals surface area contributed by atoms with E-state index in [1.54, 1.807) is 12.3 Å². The monoisotopic (exact) mass is 246 g/mol. The number of rotatable bonds is 2. The van der Waals surface area contributed by atoms with Crippen molar-refractivity contribution in [3.63, 3.8) is 0 Å². The lowest BCUT2D eigenvalue weighted by Crippen LogP contribution is -2.21. The molecule has 0 spiro atoms. The molecule has 2 rings (SSSR count). The van der Waals surface area contributed by atoms with E-state index < -0.39 is 0 Å². The zero-order valence-electron chi connectivity index (χ0n) is 8.96. The van der Waals surface area contributed by atoms with Crippen LogP contribution in [0.2, 0.25) is 0 Å². The Morgan fingerprint density at radius 3 is 3.18 bits per heavy atom. The normalized spacial score (nSPS) is 9.71. The molecule has 0 aliphatic carbocycles. The van der Waals surface area contributed by atoms with Gasteiger partial charge in [-0.1, -0.05) is 11.8 Å². The summed E-state index contributed by atoms with van der Waals surface area (Å²) >= 11 is 1.52. The van der Waals surface area contributed by atoms with Crippen LogP contribution < -0.4 is 5.56 Å². The Morgan fingerprint density at radius 2 is 2.41 bits per heavy atom. The average Bonchev–Trinajstić information content (AvgIpc) is 2.77. The summed E-state index contributed by atoms with van der Waals surface area (Å²) in [6, 6.07) is 4.99. The third-order valence-corrected chi connectivity index (χ3v) is 2.98. The van der Waals surface area contributed by atoms with Gasteiger partial charge in [-0.3, -0.25) is 4.79 Å². The maximum Gasteiger partial charge on any atom is 0.267 e. The molecule has 0 radical (unpaired) electrons. The van der Waals surface area contributed by atoms with Gasteiger partial charge in [0.25, 0.3) is 5.56 Å². The lowest BCUT2D eigenvalue weighted by molar-refractivity contribution is 0.350. The number of hydrogen-bond donors (Lipinski definition) is 1. The van der Waals surface area contributed by atoms with Gasteiger partial charge in [0, 0.05) is 28.1 Å². The molecule has 2 aromatic heterocycles. The summed E-state index contributed by atoms with van der Waals surface area (Å²) in [5.74, 6) is 5.40. The molecule has 0 aliphatic rings. The maximum absolute atomic E-state index is 11.4. The van der Waals surface area contributed by atoms with E-state index >= 15 is 0 Å². The van der Waals surface area contributed by atoms with Crippen LogP contribution in [-0.2, 0) is 6.54 Å². The predicted octanol–water partition coefficient (Wildman–Crippen LogP) is 0.697. The highest BCUT2D eigenvalue weighted by atomic mass is 32.1. The summed E-state index contributed by atoms with van der Waals surface area (Å²) in [6.07, 6.45) is 1.58. The fourth-order valence-corrected chi connectivity index (χ4v) is 2.12. The minimum atomic E-state index is -0.148. The minimum Gasteiger partial charge on any atom is -0.384 e. The smallest absolute Gasteiger partial charge is 0.267 e. The molecule has 0 aromatic carbocycles. The lowest BCUT2D eigenvalue weighted by Gasteiger charge is -1.99. The molecule has 5 heteroatoms. The zero-order chi connectivity index (χ0) is 12.1. The van der Waals surface area contributed by atoms with Crippen molar-refractivity contribution in [3.8, 4) is 11.8 Å². The van der Waals surface area contributed by atoms with Crippen LogP contribution in [0.25, 0.3) is 0 Å². The lowest BCUT2D eigenvalue weighted by atomic mass is 10.3. The first-order valence-electron chi connectivity index (χ1n) is 4.99. The second-order valence-electron chi connectivity index (χ2n) is 3.28. The van der Waals surface area contributed by atoms with Crippen molar-refractivity contribution in [1.82, 2.24) is 9.78 Å². The molecule has 0 aliphatic heterocycles. The van der Waals surface area contributed by atoms with E-state index in [1.165, 1.54) is 22.1 Å². The van der Waals surface area contributed by atoms with Gasteiger partial charge in [0.15, 0.2) is 0 Å². The molecule has 0 saturated carbocycles. The molecule has 0 atom stereocenters. The first kappa shape index (κ1) is 11.6. The van der Waals surface area contributed by atoms with Crippen LogP contribution in [0.15, 0.2) is 34.6 Å². The number of aromatic nitrogens is 2. The molecule has 4 nitrogen and oxygen atoms in total. The molecular weight excluding hydrogens is 236 g/mol. The van der Waals surface area contributed by atoms with Crippen molar-refractivity contribution in [2.75, 3.05) is 6.61 Å². The summed E-state index contributed by atoms with van der Waals surface area (Å²) in [5.41, 5.74) is 0.729. The molecular formula is C12H10N2O2S.